The Labute approximate surface area is 191 Å². The van der Waals surface area contributed by atoms with Crippen LogP contribution in [0, 0.1) is 0 Å². The fraction of sp³-hybridized carbons (Fsp3) is 0.522. The molecule has 3 heterocycles. The van der Waals surface area contributed by atoms with Crippen molar-refractivity contribution in [1.29, 1.82) is 0 Å². The van der Waals surface area contributed by atoms with E-state index >= 15 is 0 Å². The number of fused-ring (bicyclic) bond motifs is 1. The van der Waals surface area contributed by atoms with Gasteiger partial charge in [0.15, 0.2) is 6.61 Å². The third-order valence-corrected chi connectivity index (χ3v) is 6.64. The van der Waals surface area contributed by atoms with Crippen molar-refractivity contribution < 1.29 is 28.6 Å². The van der Waals surface area contributed by atoms with Gasteiger partial charge >= 0.3 is 5.97 Å². The Bertz CT molecular complexity index is 920. The zero-order chi connectivity index (χ0) is 22.9. The predicted octanol–water partition coefficient (Wildman–Crippen LogP) is 2.24. The maximum absolute atomic E-state index is 13.1. The predicted molar refractivity (Wildman–Crippen MR) is 119 cm³/mol. The number of ether oxygens (including phenoxy) is 3. The summed E-state index contributed by atoms with van der Waals surface area (Å²) in [6.07, 6.45) is 1.54. The van der Waals surface area contributed by atoms with Gasteiger partial charge < -0.3 is 19.5 Å². The molecule has 9 heteroatoms. The van der Waals surface area contributed by atoms with Crippen molar-refractivity contribution in [1.82, 2.24) is 10.2 Å². The minimum atomic E-state index is -0.713. The Balaban J connectivity index is 1.46. The maximum atomic E-state index is 13.1. The molecule has 0 aromatic heterocycles. The summed E-state index contributed by atoms with van der Waals surface area (Å²) in [5, 5.41) is 2.38. The van der Waals surface area contributed by atoms with Gasteiger partial charge in [0, 0.05) is 12.4 Å². The standard InChI is InChI=1S/C23H28N2O6S/c1-23(2,3)31-22(28)19-15(16-10-7-11-29-16)13-32-21-18(20(27)25(19)21)24-17(26)12-30-14-8-5-4-6-9-14/h4-6,8-9,16,18,21H,7,10-13H2,1-3H3,(H,24,26)/t16?,18-,21-/m1/s1. The van der Waals surface area contributed by atoms with Crippen LogP contribution in [0.5, 0.6) is 5.75 Å². The number of hydrogen-bond acceptors (Lipinski definition) is 7. The molecule has 2 fully saturated rings. The number of nitrogens with zero attached hydrogens (tertiary/aromatic N) is 1. The van der Waals surface area contributed by atoms with E-state index < -0.39 is 17.6 Å². The van der Waals surface area contributed by atoms with Gasteiger partial charge in [-0.05, 0) is 51.3 Å². The summed E-state index contributed by atoms with van der Waals surface area (Å²) >= 11 is 1.52. The van der Waals surface area contributed by atoms with Crippen LogP contribution in [0.2, 0.25) is 0 Å². The number of nitrogens with one attached hydrogen (secondary N) is 1. The quantitative estimate of drug-likeness (QED) is 0.514. The Kier molecular flexibility index (Phi) is 6.48. The number of β-lactam (4-membered cyclic amide) rings is 1. The summed E-state index contributed by atoms with van der Waals surface area (Å²) in [6, 6.07) is 8.28. The summed E-state index contributed by atoms with van der Waals surface area (Å²) in [6.45, 7) is 5.82. The minimum absolute atomic E-state index is 0.188. The van der Waals surface area contributed by atoms with E-state index in [1.807, 2.05) is 18.2 Å². The monoisotopic (exact) mass is 460 g/mol. The van der Waals surface area contributed by atoms with E-state index in [9.17, 15) is 14.4 Å². The third-order valence-electron chi connectivity index (χ3n) is 5.34. The maximum Gasteiger partial charge on any atom is 0.355 e. The van der Waals surface area contributed by atoms with Gasteiger partial charge in [0.1, 0.15) is 28.5 Å². The van der Waals surface area contributed by atoms with Crippen molar-refractivity contribution in [3.63, 3.8) is 0 Å². The van der Waals surface area contributed by atoms with Crippen LogP contribution in [0.3, 0.4) is 0 Å². The first-order valence-electron chi connectivity index (χ1n) is 10.7. The molecule has 1 unspecified atom stereocenters. The van der Waals surface area contributed by atoms with Crippen LogP contribution in [0.25, 0.3) is 0 Å². The first kappa shape index (κ1) is 22.7. The summed E-state index contributed by atoms with van der Waals surface area (Å²) < 4.78 is 16.9. The lowest BCUT2D eigenvalue weighted by Crippen LogP contribution is -2.71. The second kappa shape index (κ2) is 9.15. The molecule has 1 N–H and O–H groups in total. The molecule has 8 nitrogen and oxygen atoms in total. The van der Waals surface area contributed by atoms with Gasteiger partial charge in [-0.1, -0.05) is 18.2 Å². The molecule has 3 atom stereocenters. The third kappa shape index (κ3) is 4.78. The molecule has 3 aliphatic heterocycles. The highest BCUT2D eigenvalue weighted by Gasteiger charge is 2.55. The largest absolute Gasteiger partial charge is 0.484 e. The molecule has 0 spiro atoms. The van der Waals surface area contributed by atoms with Crippen molar-refractivity contribution in [2.45, 2.75) is 56.7 Å². The number of rotatable bonds is 6. The van der Waals surface area contributed by atoms with E-state index in [1.165, 1.54) is 16.7 Å². The number of hydrogen-bond donors (Lipinski definition) is 1. The molecule has 1 aromatic rings. The van der Waals surface area contributed by atoms with Crippen molar-refractivity contribution in [2.24, 2.45) is 0 Å². The summed E-state index contributed by atoms with van der Waals surface area (Å²) in [4.78, 5) is 39.9. The SMILES string of the molecule is CC(C)(C)OC(=O)C1=C(C2CCCO2)CS[C@@H]2[C@H](NC(=O)COc3ccccc3)C(=O)N12. The van der Waals surface area contributed by atoms with E-state index in [-0.39, 0.29) is 35.6 Å². The number of thioether (sulfide) groups is 1. The lowest BCUT2D eigenvalue weighted by Gasteiger charge is -2.50. The lowest BCUT2D eigenvalue weighted by molar-refractivity contribution is -0.159. The van der Waals surface area contributed by atoms with E-state index in [2.05, 4.69) is 5.32 Å². The van der Waals surface area contributed by atoms with E-state index in [0.717, 1.165) is 18.4 Å². The number of para-hydroxylation sites is 1. The Morgan fingerprint density at radius 3 is 2.66 bits per heavy atom. The van der Waals surface area contributed by atoms with Crippen molar-refractivity contribution >= 4 is 29.5 Å². The number of carbonyl (C=O) groups is 3. The van der Waals surface area contributed by atoms with E-state index in [4.69, 9.17) is 14.2 Å². The Morgan fingerprint density at radius 2 is 2.00 bits per heavy atom. The highest BCUT2D eigenvalue weighted by Crippen LogP contribution is 2.43. The zero-order valence-corrected chi connectivity index (χ0v) is 19.3. The van der Waals surface area contributed by atoms with Gasteiger partial charge in [0.2, 0.25) is 0 Å². The molecule has 172 valence electrons. The van der Waals surface area contributed by atoms with Gasteiger partial charge in [-0.25, -0.2) is 4.79 Å². The van der Waals surface area contributed by atoms with Gasteiger partial charge in [0.25, 0.3) is 11.8 Å². The smallest absolute Gasteiger partial charge is 0.355 e. The average Bonchev–Trinajstić information content (AvgIpc) is 3.29. The lowest BCUT2D eigenvalue weighted by atomic mass is 9.99. The van der Waals surface area contributed by atoms with Crippen LogP contribution in [-0.2, 0) is 23.9 Å². The van der Waals surface area contributed by atoms with E-state index in [0.29, 0.717) is 18.1 Å². The average molecular weight is 461 g/mol. The highest BCUT2D eigenvalue weighted by molar-refractivity contribution is 8.00. The molecular weight excluding hydrogens is 432 g/mol. The van der Waals surface area contributed by atoms with Crippen LogP contribution >= 0.6 is 11.8 Å². The van der Waals surface area contributed by atoms with Gasteiger partial charge in [0.05, 0.1) is 6.10 Å². The molecule has 32 heavy (non-hydrogen) atoms. The molecule has 0 radical (unpaired) electrons. The molecule has 4 rings (SSSR count). The molecule has 2 amide bonds. The van der Waals surface area contributed by atoms with Crippen LogP contribution in [-0.4, -0.2) is 64.8 Å². The molecule has 1 aromatic carbocycles. The topological polar surface area (TPSA) is 94.2 Å². The molecule has 0 saturated carbocycles. The first-order chi connectivity index (χ1) is 15.2. The first-order valence-corrected chi connectivity index (χ1v) is 11.8. The number of benzene rings is 1. The number of esters is 1. The van der Waals surface area contributed by atoms with Crippen LogP contribution < -0.4 is 10.1 Å². The molecule has 0 aliphatic carbocycles. The van der Waals surface area contributed by atoms with Crippen molar-refractivity contribution in [2.75, 3.05) is 19.0 Å². The molecule has 0 bridgehead atoms. The summed E-state index contributed by atoms with van der Waals surface area (Å²) in [5.74, 6) is -0.126. The Morgan fingerprint density at radius 1 is 1.25 bits per heavy atom. The van der Waals surface area contributed by atoms with Crippen LogP contribution in [0.1, 0.15) is 33.6 Å². The second-order valence-corrected chi connectivity index (χ2v) is 10.0. The fourth-order valence-corrected chi connectivity index (χ4v) is 5.35. The van der Waals surface area contributed by atoms with Gasteiger partial charge in [-0.2, -0.15) is 0 Å². The van der Waals surface area contributed by atoms with Crippen molar-refractivity contribution in [3.8, 4) is 5.75 Å². The molecule has 3 aliphatic rings. The summed E-state index contributed by atoms with van der Waals surface area (Å²) in [5.41, 5.74) is 0.373. The van der Waals surface area contributed by atoms with Gasteiger partial charge in [-0.15, -0.1) is 11.8 Å². The van der Waals surface area contributed by atoms with Crippen molar-refractivity contribution in [3.05, 3.63) is 41.6 Å². The number of amides is 2. The zero-order valence-electron chi connectivity index (χ0n) is 18.5. The minimum Gasteiger partial charge on any atom is -0.484 e. The highest BCUT2D eigenvalue weighted by atomic mass is 32.2. The fourth-order valence-electron chi connectivity index (χ4n) is 3.94. The second-order valence-electron chi connectivity index (χ2n) is 8.93. The molecular formula is C23H28N2O6S. The van der Waals surface area contributed by atoms with Crippen LogP contribution in [0.15, 0.2) is 41.6 Å². The van der Waals surface area contributed by atoms with E-state index in [1.54, 1.807) is 32.9 Å². The molecule has 2 saturated heterocycles. The van der Waals surface area contributed by atoms with Gasteiger partial charge in [-0.3, -0.25) is 14.5 Å². The Hall–Kier alpha value is -2.52. The summed E-state index contributed by atoms with van der Waals surface area (Å²) in [7, 11) is 0. The number of carbonyl (C=O) groups excluding carboxylic acids is 3. The normalized spacial score (nSPS) is 25.2. The van der Waals surface area contributed by atoms with Crippen LogP contribution in [0.4, 0.5) is 0 Å².